The van der Waals surface area contributed by atoms with Crippen molar-refractivity contribution in [3.05, 3.63) is 24.2 Å². The molecule has 3 saturated heterocycles. The molecule has 9 nitrogen and oxygen atoms in total. The number of rotatable bonds is 4. The lowest BCUT2D eigenvalue weighted by molar-refractivity contribution is 0.131. The number of halogens is 1. The first kappa shape index (κ1) is 22.3. The van der Waals surface area contributed by atoms with Crippen LogP contribution in [0.15, 0.2) is 28.4 Å². The average molecular weight is 489 g/mol. The zero-order valence-electron chi connectivity index (χ0n) is 18.9. The predicted octanol–water partition coefficient (Wildman–Crippen LogP) is 1.77. The van der Waals surface area contributed by atoms with Gasteiger partial charge in [-0.15, -0.1) is 0 Å². The van der Waals surface area contributed by atoms with Crippen molar-refractivity contribution in [1.82, 2.24) is 15.0 Å². The standard InChI is InChI=1S/C23H29FN6O3S/c24-14-7-15-11-33-20-17(1-4-26-22(20)30(15)9-14)34-19-8-27-21(16(10-31)28-19)29-5-2-23(3-6-29)13-32-12-18(23)25/h1,4,8,14-15,18,31H,2-3,5-7,9-13,25H2/t14-,15-,18+/m0/s1. The summed E-state index contributed by atoms with van der Waals surface area (Å²) in [6, 6.07) is 1.99. The summed E-state index contributed by atoms with van der Waals surface area (Å²) in [7, 11) is 0. The fourth-order valence-corrected chi connectivity index (χ4v) is 6.44. The van der Waals surface area contributed by atoms with E-state index in [1.54, 1.807) is 12.4 Å². The van der Waals surface area contributed by atoms with Crippen LogP contribution in [0.25, 0.3) is 0 Å². The average Bonchev–Trinajstić information content (AvgIpc) is 3.41. The van der Waals surface area contributed by atoms with Crippen molar-refractivity contribution in [1.29, 1.82) is 0 Å². The van der Waals surface area contributed by atoms with Gasteiger partial charge >= 0.3 is 0 Å². The van der Waals surface area contributed by atoms with E-state index in [1.165, 1.54) is 11.8 Å². The minimum Gasteiger partial charge on any atom is -0.486 e. The Kier molecular flexibility index (Phi) is 5.75. The molecule has 0 radical (unpaired) electrons. The van der Waals surface area contributed by atoms with Gasteiger partial charge in [-0.3, -0.25) is 0 Å². The van der Waals surface area contributed by atoms with Gasteiger partial charge in [0, 0.05) is 37.2 Å². The molecular formula is C23H29FN6O3S. The lowest BCUT2D eigenvalue weighted by atomic mass is 9.75. The molecule has 0 unspecified atom stereocenters. The van der Waals surface area contributed by atoms with Gasteiger partial charge in [0.25, 0.3) is 0 Å². The molecule has 3 fully saturated rings. The van der Waals surface area contributed by atoms with Crippen LogP contribution >= 0.6 is 11.8 Å². The summed E-state index contributed by atoms with van der Waals surface area (Å²) in [5.41, 5.74) is 6.92. The molecular weight excluding hydrogens is 459 g/mol. The minimum atomic E-state index is -0.857. The van der Waals surface area contributed by atoms with Gasteiger partial charge < -0.3 is 30.1 Å². The Labute approximate surface area is 201 Å². The number of aliphatic hydroxyl groups excluding tert-OH is 1. The molecule has 0 saturated carbocycles. The van der Waals surface area contributed by atoms with Crippen LogP contribution in [0.4, 0.5) is 16.0 Å². The zero-order valence-corrected chi connectivity index (χ0v) is 19.7. The van der Waals surface area contributed by atoms with Crippen LogP contribution in [0.5, 0.6) is 5.75 Å². The van der Waals surface area contributed by atoms with Crippen molar-refractivity contribution in [2.45, 2.75) is 54.0 Å². The molecule has 1 spiro atoms. The number of nitrogens with two attached hydrogens (primary N) is 1. The van der Waals surface area contributed by atoms with E-state index < -0.39 is 6.17 Å². The summed E-state index contributed by atoms with van der Waals surface area (Å²) in [4.78, 5) is 18.9. The number of pyridine rings is 1. The highest BCUT2D eigenvalue weighted by Crippen LogP contribution is 2.45. The third kappa shape index (κ3) is 3.78. The maximum absolute atomic E-state index is 14.0. The molecule has 0 bridgehead atoms. The molecule has 3 atom stereocenters. The van der Waals surface area contributed by atoms with Crippen LogP contribution in [0.1, 0.15) is 25.0 Å². The summed E-state index contributed by atoms with van der Waals surface area (Å²) >= 11 is 1.42. The molecule has 11 heteroatoms. The number of fused-ring (bicyclic) bond motifs is 3. The molecule has 182 valence electrons. The highest BCUT2D eigenvalue weighted by Gasteiger charge is 2.44. The highest BCUT2D eigenvalue weighted by atomic mass is 32.2. The fraction of sp³-hybridized carbons (Fsp3) is 0.609. The first-order chi connectivity index (χ1) is 16.6. The Hall–Kier alpha value is -2.21. The first-order valence-corrected chi connectivity index (χ1v) is 12.6. The number of aliphatic hydroxyl groups is 1. The molecule has 4 aliphatic heterocycles. The SMILES string of the molecule is N[C@@H]1COCC12CCN(c1ncc(Sc3ccnc4c3OC[C@@H]3C[C@H](F)CN43)nc1CO)CC2. The van der Waals surface area contributed by atoms with Crippen LogP contribution < -0.4 is 20.3 Å². The van der Waals surface area contributed by atoms with Gasteiger partial charge in [-0.05, 0) is 18.9 Å². The van der Waals surface area contributed by atoms with Crippen LogP contribution in [-0.4, -0.2) is 77.8 Å². The van der Waals surface area contributed by atoms with E-state index in [0.717, 1.165) is 43.3 Å². The Morgan fingerprint density at radius 1 is 1.24 bits per heavy atom. The van der Waals surface area contributed by atoms with Crippen molar-refractivity contribution in [3.8, 4) is 5.75 Å². The van der Waals surface area contributed by atoms with Crippen molar-refractivity contribution < 1.29 is 19.0 Å². The molecule has 0 aliphatic carbocycles. The highest BCUT2D eigenvalue weighted by molar-refractivity contribution is 7.99. The Bertz CT molecular complexity index is 1070. The van der Waals surface area contributed by atoms with E-state index in [1.807, 2.05) is 11.0 Å². The fourth-order valence-electron chi connectivity index (χ4n) is 5.58. The molecule has 4 aliphatic rings. The summed E-state index contributed by atoms with van der Waals surface area (Å²) < 4.78 is 25.6. The second kappa shape index (κ2) is 8.78. The predicted molar refractivity (Wildman–Crippen MR) is 125 cm³/mol. The van der Waals surface area contributed by atoms with E-state index in [9.17, 15) is 9.50 Å². The second-order valence-corrected chi connectivity index (χ2v) is 10.7. The molecule has 3 N–H and O–H groups in total. The molecule has 6 heterocycles. The van der Waals surface area contributed by atoms with Crippen molar-refractivity contribution >= 4 is 23.4 Å². The van der Waals surface area contributed by atoms with Gasteiger partial charge in [0.15, 0.2) is 17.4 Å². The van der Waals surface area contributed by atoms with Gasteiger partial charge in [-0.25, -0.2) is 19.3 Å². The first-order valence-electron chi connectivity index (χ1n) is 11.8. The minimum absolute atomic E-state index is 0.0318. The van der Waals surface area contributed by atoms with Gasteiger partial charge in [-0.2, -0.15) is 0 Å². The van der Waals surface area contributed by atoms with Gasteiger partial charge in [0.1, 0.15) is 23.5 Å². The molecule has 2 aromatic rings. The van der Waals surface area contributed by atoms with Crippen LogP contribution in [0.2, 0.25) is 0 Å². The molecule has 0 aromatic carbocycles. The maximum Gasteiger partial charge on any atom is 0.175 e. The van der Waals surface area contributed by atoms with Crippen LogP contribution in [0, 0.1) is 5.41 Å². The number of nitrogens with zero attached hydrogens (tertiary/aromatic N) is 5. The third-order valence-corrected chi connectivity index (χ3v) is 8.55. The Morgan fingerprint density at radius 3 is 2.85 bits per heavy atom. The second-order valence-electron chi connectivity index (χ2n) is 9.62. The molecule has 2 aromatic heterocycles. The monoisotopic (exact) mass is 488 g/mol. The van der Waals surface area contributed by atoms with E-state index >= 15 is 0 Å². The number of hydrogen-bond donors (Lipinski definition) is 2. The summed E-state index contributed by atoms with van der Waals surface area (Å²) in [5, 5.41) is 10.7. The zero-order chi connectivity index (χ0) is 23.3. The summed E-state index contributed by atoms with van der Waals surface area (Å²) in [5.74, 6) is 2.06. The van der Waals surface area contributed by atoms with Crippen molar-refractivity contribution in [2.24, 2.45) is 11.1 Å². The number of piperidine rings is 1. The lowest BCUT2D eigenvalue weighted by Gasteiger charge is -2.41. The smallest absolute Gasteiger partial charge is 0.175 e. The van der Waals surface area contributed by atoms with Gasteiger partial charge in [-0.1, -0.05) is 11.8 Å². The normalized spacial score (nSPS) is 27.6. The quantitative estimate of drug-likeness (QED) is 0.661. The number of alkyl halides is 1. The van der Waals surface area contributed by atoms with Gasteiger partial charge in [0.05, 0.1) is 43.5 Å². The Morgan fingerprint density at radius 2 is 2.09 bits per heavy atom. The summed E-state index contributed by atoms with van der Waals surface area (Å²) in [6.45, 7) is 3.57. The van der Waals surface area contributed by atoms with E-state index in [0.29, 0.717) is 48.5 Å². The largest absolute Gasteiger partial charge is 0.486 e. The number of ether oxygens (including phenoxy) is 2. The van der Waals surface area contributed by atoms with Crippen LogP contribution in [0.3, 0.4) is 0 Å². The van der Waals surface area contributed by atoms with E-state index in [-0.39, 0.29) is 24.1 Å². The summed E-state index contributed by atoms with van der Waals surface area (Å²) in [6.07, 6.45) is 4.95. The van der Waals surface area contributed by atoms with Crippen LogP contribution in [-0.2, 0) is 11.3 Å². The number of anilines is 2. The number of hydrogen-bond acceptors (Lipinski definition) is 10. The topological polar surface area (TPSA) is 110 Å². The van der Waals surface area contributed by atoms with E-state index in [2.05, 4.69) is 14.9 Å². The third-order valence-electron chi connectivity index (χ3n) is 7.60. The van der Waals surface area contributed by atoms with Crippen molar-refractivity contribution in [3.63, 3.8) is 0 Å². The molecule has 34 heavy (non-hydrogen) atoms. The van der Waals surface area contributed by atoms with E-state index in [4.69, 9.17) is 20.2 Å². The van der Waals surface area contributed by atoms with Gasteiger partial charge in [0.2, 0.25) is 0 Å². The molecule has 0 amide bonds. The lowest BCUT2D eigenvalue weighted by Crippen LogP contribution is -2.49. The number of aromatic nitrogens is 3. The molecule has 6 rings (SSSR count). The van der Waals surface area contributed by atoms with Crippen molar-refractivity contribution in [2.75, 3.05) is 49.3 Å². The maximum atomic E-state index is 14.0. The Balaban J connectivity index is 1.20.